The molecule has 3 fully saturated rings. The third-order valence-corrected chi connectivity index (χ3v) is 6.16. The van der Waals surface area contributed by atoms with Crippen LogP contribution in [0.4, 0.5) is 0 Å². The van der Waals surface area contributed by atoms with Crippen molar-refractivity contribution < 1.29 is 14.3 Å². The lowest BCUT2D eigenvalue weighted by atomic mass is 9.88. The second kappa shape index (κ2) is 9.56. The molecule has 5 heteroatoms. The second-order valence-electron chi connectivity index (χ2n) is 8.07. The Balaban J connectivity index is 1.33. The van der Waals surface area contributed by atoms with Crippen LogP contribution in [-0.2, 0) is 14.3 Å². The number of rotatable bonds is 5. The van der Waals surface area contributed by atoms with Crippen molar-refractivity contribution in [2.24, 2.45) is 5.92 Å². The molecule has 1 aliphatic heterocycles. The van der Waals surface area contributed by atoms with E-state index < -0.39 is 0 Å². The number of nitrogens with zero attached hydrogens (tertiary/aromatic N) is 1. The smallest absolute Gasteiger partial charge is 0.248 e. The molecule has 0 bridgehead atoms. The molecule has 142 valence electrons. The van der Waals surface area contributed by atoms with Crippen molar-refractivity contribution in [2.45, 2.75) is 89.2 Å². The van der Waals surface area contributed by atoms with Crippen LogP contribution in [0.1, 0.15) is 77.0 Å². The molecule has 3 rings (SSSR count). The van der Waals surface area contributed by atoms with E-state index in [1.165, 1.54) is 38.5 Å². The van der Waals surface area contributed by atoms with Crippen LogP contribution in [0, 0.1) is 5.92 Å². The summed E-state index contributed by atoms with van der Waals surface area (Å²) in [4.78, 5) is 26.6. The minimum Gasteiger partial charge on any atom is -0.368 e. The van der Waals surface area contributed by atoms with Crippen molar-refractivity contribution in [2.75, 3.05) is 19.7 Å². The van der Waals surface area contributed by atoms with Crippen molar-refractivity contribution in [3.8, 4) is 0 Å². The molecule has 5 nitrogen and oxygen atoms in total. The Morgan fingerprint density at radius 1 is 0.840 bits per heavy atom. The highest BCUT2D eigenvalue weighted by atomic mass is 16.5. The summed E-state index contributed by atoms with van der Waals surface area (Å²) in [6.45, 7) is 1.70. The summed E-state index contributed by atoms with van der Waals surface area (Å²) >= 11 is 0. The number of likely N-dealkylation sites (tertiary alicyclic amines) is 1. The van der Waals surface area contributed by atoms with Crippen molar-refractivity contribution in [1.29, 1.82) is 0 Å². The van der Waals surface area contributed by atoms with Gasteiger partial charge in [0.2, 0.25) is 11.8 Å². The summed E-state index contributed by atoms with van der Waals surface area (Å²) in [7, 11) is 0. The average Bonchev–Trinajstić information content (AvgIpc) is 2.68. The van der Waals surface area contributed by atoms with E-state index >= 15 is 0 Å². The zero-order valence-corrected chi connectivity index (χ0v) is 15.5. The molecule has 0 aromatic rings. The van der Waals surface area contributed by atoms with Gasteiger partial charge in [0, 0.05) is 25.0 Å². The Labute approximate surface area is 151 Å². The number of hydrogen-bond donors (Lipinski definition) is 1. The zero-order valence-electron chi connectivity index (χ0n) is 15.5. The number of amides is 2. The third kappa shape index (κ3) is 5.70. The molecule has 0 atom stereocenters. The maximum absolute atomic E-state index is 12.3. The van der Waals surface area contributed by atoms with Gasteiger partial charge in [-0.25, -0.2) is 0 Å². The average molecular weight is 351 g/mol. The van der Waals surface area contributed by atoms with Gasteiger partial charge in [0.05, 0.1) is 6.10 Å². The van der Waals surface area contributed by atoms with Crippen LogP contribution in [0.3, 0.4) is 0 Å². The van der Waals surface area contributed by atoms with E-state index in [9.17, 15) is 9.59 Å². The van der Waals surface area contributed by atoms with Gasteiger partial charge in [-0.1, -0.05) is 38.5 Å². The lowest BCUT2D eigenvalue weighted by molar-refractivity contribution is -0.140. The molecule has 2 saturated carbocycles. The van der Waals surface area contributed by atoms with Crippen LogP contribution in [0.15, 0.2) is 0 Å². The minimum atomic E-state index is 0.114. The van der Waals surface area contributed by atoms with E-state index in [1.54, 1.807) is 0 Å². The van der Waals surface area contributed by atoms with Crippen molar-refractivity contribution in [1.82, 2.24) is 10.2 Å². The minimum absolute atomic E-state index is 0.114. The van der Waals surface area contributed by atoms with Crippen molar-refractivity contribution in [3.05, 3.63) is 0 Å². The van der Waals surface area contributed by atoms with E-state index in [4.69, 9.17) is 4.74 Å². The highest BCUT2D eigenvalue weighted by Crippen LogP contribution is 2.24. The van der Waals surface area contributed by atoms with Gasteiger partial charge in [-0.2, -0.15) is 0 Å². The van der Waals surface area contributed by atoms with Crippen molar-refractivity contribution in [3.63, 3.8) is 0 Å². The first-order valence-electron chi connectivity index (χ1n) is 10.4. The summed E-state index contributed by atoms with van der Waals surface area (Å²) in [6.07, 6.45) is 13.7. The number of carbonyl (C=O) groups excluding carboxylic acids is 2. The highest BCUT2D eigenvalue weighted by molar-refractivity contribution is 5.79. The Morgan fingerprint density at radius 3 is 2.08 bits per heavy atom. The molecule has 0 aromatic heterocycles. The molecule has 1 N–H and O–H groups in total. The molecular formula is C20H34N2O3. The van der Waals surface area contributed by atoms with Crippen LogP contribution in [0.5, 0.6) is 0 Å². The topological polar surface area (TPSA) is 58.6 Å². The first-order valence-corrected chi connectivity index (χ1v) is 10.4. The molecule has 0 radical (unpaired) electrons. The van der Waals surface area contributed by atoms with Crippen LogP contribution in [0.2, 0.25) is 0 Å². The molecule has 2 amide bonds. The van der Waals surface area contributed by atoms with Crippen LogP contribution < -0.4 is 5.32 Å². The van der Waals surface area contributed by atoms with Gasteiger partial charge < -0.3 is 15.0 Å². The second-order valence-corrected chi connectivity index (χ2v) is 8.07. The van der Waals surface area contributed by atoms with Crippen LogP contribution >= 0.6 is 0 Å². The van der Waals surface area contributed by atoms with Gasteiger partial charge in [0.15, 0.2) is 0 Å². The molecular weight excluding hydrogens is 316 g/mol. The standard InChI is InChI=1S/C20H34N2O3/c23-19(15-25-18-9-5-2-6-10-18)22-13-11-17(12-14-22)21-20(24)16-7-3-1-4-8-16/h16-18H,1-15H2,(H,21,24). The summed E-state index contributed by atoms with van der Waals surface area (Å²) in [5, 5.41) is 3.22. The zero-order chi connectivity index (χ0) is 17.5. The van der Waals surface area contributed by atoms with E-state index in [2.05, 4.69) is 5.32 Å². The Kier molecular flexibility index (Phi) is 7.14. The van der Waals surface area contributed by atoms with Crippen LogP contribution in [-0.4, -0.2) is 48.6 Å². The van der Waals surface area contributed by atoms with Crippen LogP contribution in [0.25, 0.3) is 0 Å². The van der Waals surface area contributed by atoms with E-state index in [1.807, 2.05) is 4.90 Å². The van der Waals surface area contributed by atoms with E-state index in [0.717, 1.165) is 51.6 Å². The monoisotopic (exact) mass is 350 g/mol. The van der Waals surface area contributed by atoms with Crippen molar-refractivity contribution >= 4 is 11.8 Å². The fraction of sp³-hybridized carbons (Fsp3) is 0.900. The molecule has 0 unspecified atom stereocenters. The van der Waals surface area contributed by atoms with Gasteiger partial charge in [-0.15, -0.1) is 0 Å². The molecule has 1 heterocycles. The molecule has 2 aliphatic carbocycles. The number of piperidine rings is 1. The third-order valence-electron chi connectivity index (χ3n) is 6.16. The molecule has 0 spiro atoms. The largest absolute Gasteiger partial charge is 0.368 e. The molecule has 3 aliphatic rings. The predicted octanol–water partition coefficient (Wildman–Crippen LogP) is 3.02. The quantitative estimate of drug-likeness (QED) is 0.829. The molecule has 25 heavy (non-hydrogen) atoms. The van der Waals surface area contributed by atoms with Gasteiger partial charge in [-0.3, -0.25) is 9.59 Å². The Bertz CT molecular complexity index is 434. The first-order chi connectivity index (χ1) is 12.2. The first kappa shape index (κ1) is 18.7. The lowest BCUT2D eigenvalue weighted by Gasteiger charge is -2.34. The maximum Gasteiger partial charge on any atom is 0.248 e. The highest BCUT2D eigenvalue weighted by Gasteiger charge is 2.27. The number of ether oxygens (including phenoxy) is 1. The number of hydrogen-bond acceptors (Lipinski definition) is 3. The van der Waals surface area contributed by atoms with Gasteiger partial charge in [-0.05, 0) is 38.5 Å². The van der Waals surface area contributed by atoms with Gasteiger partial charge >= 0.3 is 0 Å². The maximum atomic E-state index is 12.3. The van der Waals surface area contributed by atoms with E-state index in [0.29, 0.717) is 0 Å². The SMILES string of the molecule is O=C(NC1CCN(C(=O)COC2CCCCC2)CC1)C1CCCCC1. The predicted molar refractivity (Wildman–Crippen MR) is 97.1 cm³/mol. The summed E-state index contributed by atoms with van der Waals surface area (Å²) in [5.41, 5.74) is 0. The number of carbonyl (C=O) groups is 2. The normalized spacial score (nSPS) is 24.2. The fourth-order valence-corrected chi connectivity index (χ4v) is 4.47. The lowest BCUT2D eigenvalue weighted by Crippen LogP contribution is -2.48. The molecule has 0 aromatic carbocycles. The molecule has 1 saturated heterocycles. The number of nitrogens with one attached hydrogen (secondary N) is 1. The van der Waals surface area contributed by atoms with Gasteiger partial charge in [0.1, 0.15) is 6.61 Å². The van der Waals surface area contributed by atoms with Gasteiger partial charge in [0.25, 0.3) is 0 Å². The summed E-state index contributed by atoms with van der Waals surface area (Å²) in [5.74, 6) is 0.574. The Morgan fingerprint density at radius 2 is 1.44 bits per heavy atom. The summed E-state index contributed by atoms with van der Waals surface area (Å²) < 4.78 is 5.81. The fourth-order valence-electron chi connectivity index (χ4n) is 4.47. The summed E-state index contributed by atoms with van der Waals surface area (Å²) in [6, 6.07) is 0.234. The Hall–Kier alpha value is -1.10. The van der Waals surface area contributed by atoms with E-state index in [-0.39, 0.29) is 36.5 Å².